The van der Waals surface area contributed by atoms with Crippen molar-refractivity contribution in [2.24, 2.45) is 0 Å². The molecule has 7 heteroatoms. The van der Waals surface area contributed by atoms with Gasteiger partial charge in [0.1, 0.15) is 10.6 Å². The number of benzene rings is 1. The number of ether oxygens (including phenoxy) is 1. The molecule has 0 unspecified atom stereocenters. The lowest BCUT2D eigenvalue weighted by atomic mass is 10.2. The maximum atomic E-state index is 12.3. The fourth-order valence-electron chi connectivity index (χ4n) is 1.87. The Bertz CT molecular complexity index is 681. The van der Waals surface area contributed by atoms with Crippen molar-refractivity contribution < 1.29 is 18.3 Å². The van der Waals surface area contributed by atoms with Gasteiger partial charge in [-0.1, -0.05) is 6.07 Å². The maximum Gasteiger partial charge on any atom is 0.244 e. The van der Waals surface area contributed by atoms with Crippen molar-refractivity contribution in [3.8, 4) is 5.75 Å². The minimum atomic E-state index is -3.67. The molecular weight excluding hydrogens is 310 g/mol. The fraction of sp³-hybridized carbons (Fsp3) is 0.286. The van der Waals surface area contributed by atoms with Gasteiger partial charge in [-0.15, -0.1) is 0 Å². The molecule has 1 aromatic carbocycles. The van der Waals surface area contributed by atoms with Gasteiger partial charge < -0.3 is 9.84 Å². The smallest absolute Gasteiger partial charge is 0.244 e. The molecule has 0 bridgehead atoms. The number of hydrogen-bond donors (Lipinski definition) is 2. The molecular formula is C14H17NO4S2. The van der Waals surface area contributed by atoms with Gasteiger partial charge in [-0.25, -0.2) is 13.1 Å². The molecule has 114 valence electrons. The van der Waals surface area contributed by atoms with Crippen LogP contribution in [0.4, 0.5) is 0 Å². The molecule has 1 heterocycles. The minimum Gasteiger partial charge on any atom is -0.495 e. The van der Waals surface area contributed by atoms with Crippen molar-refractivity contribution >= 4 is 21.4 Å². The molecule has 0 atom stereocenters. The lowest BCUT2D eigenvalue weighted by molar-refractivity contribution is 0.281. The SMILES string of the molecule is COc1ccc(CO)cc1S(=O)(=O)NCCc1ccsc1. The van der Waals surface area contributed by atoms with Crippen molar-refractivity contribution in [1.29, 1.82) is 0 Å². The van der Waals surface area contributed by atoms with Crippen LogP contribution in [0.3, 0.4) is 0 Å². The average Bonchev–Trinajstić information content (AvgIpc) is 2.99. The van der Waals surface area contributed by atoms with Crippen LogP contribution in [0.2, 0.25) is 0 Å². The van der Waals surface area contributed by atoms with Crippen LogP contribution in [-0.4, -0.2) is 27.2 Å². The van der Waals surface area contributed by atoms with Crippen molar-refractivity contribution in [3.05, 3.63) is 46.2 Å². The van der Waals surface area contributed by atoms with E-state index in [2.05, 4.69) is 4.72 Å². The number of rotatable bonds is 7. The van der Waals surface area contributed by atoms with Gasteiger partial charge in [0, 0.05) is 6.54 Å². The zero-order valence-electron chi connectivity index (χ0n) is 11.6. The number of hydrogen-bond acceptors (Lipinski definition) is 5. The molecule has 0 radical (unpaired) electrons. The number of aliphatic hydroxyl groups excluding tert-OH is 1. The molecule has 0 spiro atoms. The summed E-state index contributed by atoms with van der Waals surface area (Å²) in [5, 5.41) is 13.1. The zero-order chi connectivity index (χ0) is 15.3. The van der Waals surface area contributed by atoms with Gasteiger partial charge in [-0.2, -0.15) is 11.3 Å². The summed E-state index contributed by atoms with van der Waals surface area (Å²) < 4.78 is 32.3. The van der Waals surface area contributed by atoms with Gasteiger partial charge in [-0.3, -0.25) is 0 Å². The first-order valence-electron chi connectivity index (χ1n) is 6.35. The first kappa shape index (κ1) is 16.0. The maximum absolute atomic E-state index is 12.3. The largest absolute Gasteiger partial charge is 0.495 e. The number of nitrogens with one attached hydrogen (secondary N) is 1. The third kappa shape index (κ3) is 4.04. The van der Waals surface area contributed by atoms with E-state index in [1.54, 1.807) is 23.5 Å². The van der Waals surface area contributed by atoms with Crippen LogP contribution in [-0.2, 0) is 23.1 Å². The summed E-state index contributed by atoms with van der Waals surface area (Å²) in [5.41, 5.74) is 1.62. The molecule has 2 aromatic rings. The van der Waals surface area contributed by atoms with Crippen molar-refractivity contribution in [1.82, 2.24) is 4.72 Å². The van der Waals surface area contributed by atoms with Gasteiger partial charge in [0.05, 0.1) is 13.7 Å². The Labute approximate surface area is 128 Å². The van der Waals surface area contributed by atoms with Gasteiger partial charge in [0.2, 0.25) is 10.0 Å². The van der Waals surface area contributed by atoms with Gasteiger partial charge in [0.25, 0.3) is 0 Å². The molecule has 0 aliphatic carbocycles. The van der Waals surface area contributed by atoms with Crippen molar-refractivity contribution in [2.45, 2.75) is 17.9 Å². The number of aliphatic hydroxyl groups is 1. The van der Waals surface area contributed by atoms with E-state index < -0.39 is 10.0 Å². The quantitative estimate of drug-likeness (QED) is 0.813. The first-order valence-corrected chi connectivity index (χ1v) is 8.78. The third-order valence-electron chi connectivity index (χ3n) is 2.99. The van der Waals surface area contributed by atoms with E-state index in [9.17, 15) is 8.42 Å². The number of thiophene rings is 1. The molecule has 5 nitrogen and oxygen atoms in total. The summed E-state index contributed by atoms with van der Waals surface area (Å²) in [6.45, 7) is 0.0903. The highest BCUT2D eigenvalue weighted by Gasteiger charge is 2.19. The highest BCUT2D eigenvalue weighted by molar-refractivity contribution is 7.89. The van der Waals surface area contributed by atoms with E-state index in [1.807, 2.05) is 16.8 Å². The van der Waals surface area contributed by atoms with Crippen molar-refractivity contribution in [3.63, 3.8) is 0 Å². The van der Waals surface area contributed by atoms with Crippen LogP contribution < -0.4 is 9.46 Å². The summed E-state index contributed by atoms with van der Waals surface area (Å²) in [6, 6.07) is 6.56. The highest BCUT2D eigenvalue weighted by Crippen LogP contribution is 2.24. The number of methoxy groups -OCH3 is 1. The summed E-state index contributed by atoms with van der Waals surface area (Å²) in [7, 11) is -2.26. The second-order valence-corrected chi connectivity index (χ2v) is 6.94. The Hall–Kier alpha value is -1.41. The Morgan fingerprint density at radius 1 is 1.29 bits per heavy atom. The molecule has 21 heavy (non-hydrogen) atoms. The molecule has 0 amide bonds. The minimum absolute atomic E-state index is 0.0434. The molecule has 2 N–H and O–H groups in total. The summed E-state index contributed by atoms with van der Waals surface area (Å²) in [4.78, 5) is 0.0434. The van der Waals surface area contributed by atoms with Crippen LogP contribution in [0.1, 0.15) is 11.1 Å². The number of sulfonamides is 1. The average molecular weight is 327 g/mol. The van der Waals surface area contributed by atoms with Gasteiger partial charge in [-0.05, 0) is 46.5 Å². The van der Waals surface area contributed by atoms with Crippen LogP contribution >= 0.6 is 11.3 Å². The molecule has 0 saturated carbocycles. The lowest BCUT2D eigenvalue weighted by Crippen LogP contribution is -2.26. The Kier molecular flexibility index (Phi) is 5.35. The predicted octanol–water partition coefficient (Wildman–Crippen LogP) is 1.77. The standard InChI is InChI=1S/C14H17NO4S2/c1-19-13-3-2-12(9-16)8-14(13)21(17,18)15-6-4-11-5-7-20-10-11/h2-3,5,7-8,10,15-16H,4,6,9H2,1H3. The molecule has 0 aliphatic heterocycles. The molecule has 0 fully saturated rings. The first-order chi connectivity index (χ1) is 10.1. The Balaban J connectivity index is 2.14. The zero-order valence-corrected chi connectivity index (χ0v) is 13.2. The van der Waals surface area contributed by atoms with E-state index in [0.29, 0.717) is 18.5 Å². The van der Waals surface area contributed by atoms with Gasteiger partial charge in [0.15, 0.2) is 0 Å². The molecule has 0 saturated heterocycles. The van der Waals surface area contributed by atoms with Crippen LogP contribution in [0.5, 0.6) is 5.75 Å². The highest BCUT2D eigenvalue weighted by atomic mass is 32.2. The topological polar surface area (TPSA) is 75.6 Å². The molecule has 0 aliphatic rings. The van der Waals surface area contributed by atoms with Crippen LogP contribution in [0, 0.1) is 0 Å². The van der Waals surface area contributed by atoms with E-state index >= 15 is 0 Å². The summed E-state index contributed by atoms with van der Waals surface area (Å²) >= 11 is 1.58. The van der Waals surface area contributed by atoms with E-state index in [4.69, 9.17) is 9.84 Å². The van der Waals surface area contributed by atoms with E-state index in [0.717, 1.165) is 5.56 Å². The molecule has 1 aromatic heterocycles. The second-order valence-electron chi connectivity index (χ2n) is 4.42. The molecule has 2 rings (SSSR count). The lowest BCUT2D eigenvalue weighted by Gasteiger charge is -2.11. The normalized spacial score (nSPS) is 11.5. The fourth-order valence-corrected chi connectivity index (χ4v) is 3.82. The van der Waals surface area contributed by atoms with E-state index in [1.165, 1.54) is 13.2 Å². The summed E-state index contributed by atoms with van der Waals surface area (Å²) in [5.74, 6) is 0.259. The monoisotopic (exact) mass is 327 g/mol. The van der Waals surface area contributed by atoms with Gasteiger partial charge >= 0.3 is 0 Å². The second kappa shape index (κ2) is 7.04. The predicted molar refractivity (Wildman–Crippen MR) is 82.1 cm³/mol. The summed E-state index contributed by atoms with van der Waals surface area (Å²) in [6.07, 6.45) is 0.630. The van der Waals surface area contributed by atoms with Crippen LogP contribution in [0.15, 0.2) is 39.9 Å². The third-order valence-corrected chi connectivity index (χ3v) is 5.20. The van der Waals surface area contributed by atoms with Crippen LogP contribution in [0.25, 0.3) is 0 Å². The van der Waals surface area contributed by atoms with E-state index in [-0.39, 0.29) is 17.3 Å². The Morgan fingerprint density at radius 2 is 2.10 bits per heavy atom. The van der Waals surface area contributed by atoms with Crippen molar-refractivity contribution in [2.75, 3.05) is 13.7 Å². The Morgan fingerprint density at radius 3 is 2.71 bits per heavy atom.